The van der Waals surface area contributed by atoms with E-state index in [1.54, 1.807) is 6.07 Å². The van der Waals surface area contributed by atoms with Gasteiger partial charge in [-0.15, -0.1) is 0 Å². The lowest BCUT2D eigenvalue weighted by Crippen LogP contribution is -2.27. The van der Waals surface area contributed by atoms with E-state index in [1.165, 1.54) is 19.2 Å². The van der Waals surface area contributed by atoms with E-state index in [1.807, 2.05) is 0 Å². The summed E-state index contributed by atoms with van der Waals surface area (Å²) < 4.78 is 45.6. The van der Waals surface area contributed by atoms with Crippen LogP contribution in [-0.4, -0.2) is 32.6 Å². The molecule has 2 heterocycles. The van der Waals surface area contributed by atoms with Gasteiger partial charge in [-0.1, -0.05) is 11.6 Å². The Morgan fingerprint density at radius 3 is 2.63 bits per heavy atom. The molecule has 0 unspecified atom stereocenters. The highest BCUT2D eigenvalue weighted by molar-refractivity contribution is 7.92. The zero-order valence-electron chi connectivity index (χ0n) is 16.3. The number of furan rings is 1. The molecule has 30 heavy (non-hydrogen) atoms. The lowest BCUT2D eigenvalue weighted by atomic mass is 10.0. The molecule has 1 aromatic carbocycles. The molecule has 1 fully saturated rings. The minimum Gasteiger partial charge on any atom is -0.437 e. The highest BCUT2D eigenvalue weighted by Gasteiger charge is 2.29. The Morgan fingerprint density at radius 1 is 1.37 bits per heavy atom. The Kier molecular flexibility index (Phi) is 4.98. The van der Waals surface area contributed by atoms with Gasteiger partial charge in [0.2, 0.25) is 15.7 Å². The topological polar surface area (TPSA) is 106 Å². The zero-order chi connectivity index (χ0) is 21.8. The molecule has 2 N–H and O–H groups in total. The van der Waals surface area contributed by atoms with E-state index in [-0.39, 0.29) is 33.4 Å². The van der Waals surface area contributed by atoms with Gasteiger partial charge in [-0.2, -0.15) is 4.98 Å². The summed E-state index contributed by atoms with van der Waals surface area (Å²) in [6.45, 7) is 0. The zero-order valence-corrected chi connectivity index (χ0v) is 17.8. The fourth-order valence-corrected chi connectivity index (χ4v) is 4.01. The van der Waals surface area contributed by atoms with Crippen molar-refractivity contribution in [2.45, 2.75) is 19.3 Å². The number of nitrogens with zero attached hydrogens (tertiary/aromatic N) is 2. The van der Waals surface area contributed by atoms with Gasteiger partial charge in [0, 0.05) is 12.1 Å². The number of primary amides is 1. The first-order chi connectivity index (χ1) is 14.1. The molecule has 1 aliphatic rings. The average molecular weight is 452 g/mol. The summed E-state index contributed by atoms with van der Waals surface area (Å²) in [4.78, 5) is 16.6. The predicted octanol–water partition coefficient (Wildman–Crippen LogP) is 3.73. The molecule has 0 spiro atoms. The first-order valence-corrected chi connectivity index (χ1v) is 11.4. The summed E-state index contributed by atoms with van der Waals surface area (Å²) in [5.74, 6) is -0.925. The fourth-order valence-electron chi connectivity index (χ4n) is 3.38. The third-order valence-corrected chi connectivity index (χ3v) is 6.57. The van der Waals surface area contributed by atoms with Crippen LogP contribution in [0, 0.1) is 11.7 Å². The molecule has 0 atom stereocenters. The van der Waals surface area contributed by atoms with Gasteiger partial charge in [-0.25, -0.2) is 12.8 Å². The van der Waals surface area contributed by atoms with Crippen LogP contribution in [0.4, 0.5) is 10.2 Å². The summed E-state index contributed by atoms with van der Waals surface area (Å²) in [6.07, 6.45) is 3.75. The summed E-state index contributed by atoms with van der Waals surface area (Å²) in [5.41, 5.74) is 6.24. The van der Waals surface area contributed by atoms with E-state index in [4.69, 9.17) is 21.8 Å². The number of hydrogen-bond donors (Lipinski definition) is 1. The quantitative estimate of drug-likeness (QED) is 0.614. The number of nitrogens with two attached hydrogens (primary N) is 1. The third kappa shape index (κ3) is 3.75. The van der Waals surface area contributed by atoms with E-state index < -0.39 is 21.7 Å². The maximum absolute atomic E-state index is 14.5. The van der Waals surface area contributed by atoms with Gasteiger partial charge < -0.3 is 10.2 Å². The summed E-state index contributed by atoms with van der Waals surface area (Å²) in [5, 5.41) is 0.503. The van der Waals surface area contributed by atoms with Gasteiger partial charge in [0.15, 0.2) is 5.76 Å². The maximum atomic E-state index is 14.5. The van der Waals surface area contributed by atoms with Crippen molar-refractivity contribution in [1.82, 2.24) is 4.98 Å². The molecule has 158 valence electrons. The molecule has 4 rings (SSSR count). The maximum Gasteiger partial charge on any atom is 0.253 e. The van der Waals surface area contributed by atoms with Crippen molar-refractivity contribution in [3.8, 4) is 11.3 Å². The minimum atomic E-state index is -3.58. The second kappa shape index (κ2) is 7.24. The number of aromatic nitrogens is 1. The smallest absolute Gasteiger partial charge is 0.253 e. The number of benzene rings is 1. The van der Waals surface area contributed by atoms with Crippen LogP contribution in [-0.2, 0) is 16.4 Å². The van der Waals surface area contributed by atoms with E-state index in [9.17, 15) is 17.6 Å². The van der Waals surface area contributed by atoms with Crippen molar-refractivity contribution in [2.75, 3.05) is 17.6 Å². The standard InChI is InChI=1S/C20H19ClFN3O4S/c1-25(30(2,27)28)19-11(7-10-3-4-10)8-14-16(18(23)26)17(29-20(14)24-19)13-6-5-12(21)9-15(13)22/h5-6,8-10H,3-4,7H2,1-2H3,(H2,23,26). The van der Waals surface area contributed by atoms with Crippen LogP contribution < -0.4 is 10.0 Å². The van der Waals surface area contributed by atoms with Crippen LogP contribution in [0.5, 0.6) is 0 Å². The number of halogens is 2. The minimum absolute atomic E-state index is 0.00167. The second-order valence-electron chi connectivity index (χ2n) is 7.50. The van der Waals surface area contributed by atoms with Crippen molar-refractivity contribution >= 4 is 44.4 Å². The van der Waals surface area contributed by atoms with Crippen molar-refractivity contribution in [1.29, 1.82) is 0 Å². The largest absolute Gasteiger partial charge is 0.437 e. The first-order valence-electron chi connectivity index (χ1n) is 9.21. The Labute approximate surface area is 177 Å². The van der Waals surface area contributed by atoms with Crippen molar-refractivity contribution in [3.05, 3.63) is 46.2 Å². The highest BCUT2D eigenvalue weighted by atomic mass is 35.5. The molecule has 0 bridgehead atoms. The molecule has 2 aromatic heterocycles. The van der Waals surface area contributed by atoms with Gasteiger partial charge in [0.25, 0.3) is 5.91 Å². The summed E-state index contributed by atoms with van der Waals surface area (Å²) in [6, 6.07) is 5.62. The molecular weight excluding hydrogens is 433 g/mol. The van der Waals surface area contributed by atoms with Crippen LogP contribution in [0.15, 0.2) is 28.7 Å². The molecule has 10 heteroatoms. The Balaban J connectivity index is 1.99. The molecule has 0 aliphatic heterocycles. The number of carbonyl (C=O) groups excluding carboxylic acids is 1. The van der Waals surface area contributed by atoms with Gasteiger partial charge in [0.05, 0.1) is 22.8 Å². The van der Waals surface area contributed by atoms with Gasteiger partial charge in [0.1, 0.15) is 11.6 Å². The van der Waals surface area contributed by atoms with E-state index in [0.717, 1.165) is 29.5 Å². The lowest BCUT2D eigenvalue weighted by Gasteiger charge is -2.19. The first kappa shape index (κ1) is 20.6. The van der Waals surface area contributed by atoms with E-state index >= 15 is 0 Å². The highest BCUT2D eigenvalue weighted by Crippen LogP contribution is 2.40. The number of anilines is 1. The lowest BCUT2D eigenvalue weighted by molar-refractivity contribution is 0.100. The molecule has 1 aliphatic carbocycles. The van der Waals surface area contributed by atoms with Gasteiger partial charge in [-0.3, -0.25) is 9.10 Å². The van der Waals surface area contributed by atoms with E-state index in [2.05, 4.69) is 4.98 Å². The number of fused-ring (bicyclic) bond motifs is 1. The monoisotopic (exact) mass is 451 g/mol. The van der Waals surface area contributed by atoms with E-state index in [0.29, 0.717) is 23.3 Å². The van der Waals surface area contributed by atoms with Crippen LogP contribution in [0.1, 0.15) is 28.8 Å². The van der Waals surface area contributed by atoms with Crippen molar-refractivity contribution in [3.63, 3.8) is 0 Å². The Hall–Kier alpha value is -2.65. The summed E-state index contributed by atoms with van der Waals surface area (Å²) >= 11 is 5.82. The van der Waals surface area contributed by atoms with Crippen LogP contribution in [0.25, 0.3) is 22.4 Å². The molecule has 1 amide bonds. The number of sulfonamides is 1. The van der Waals surface area contributed by atoms with Crippen LogP contribution in [0.2, 0.25) is 5.02 Å². The number of rotatable bonds is 6. The Bertz CT molecular complexity index is 1280. The van der Waals surface area contributed by atoms with Gasteiger partial charge >= 0.3 is 0 Å². The molecule has 0 saturated heterocycles. The van der Waals surface area contributed by atoms with Crippen molar-refractivity contribution < 1.29 is 22.0 Å². The number of hydrogen-bond acceptors (Lipinski definition) is 5. The third-order valence-electron chi connectivity index (χ3n) is 5.16. The molecule has 7 nitrogen and oxygen atoms in total. The van der Waals surface area contributed by atoms with Crippen LogP contribution >= 0.6 is 11.6 Å². The van der Waals surface area contributed by atoms with Gasteiger partial charge in [-0.05, 0) is 55.0 Å². The predicted molar refractivity (Wildman–Crippen MR) is 113 cm³/mol. The SMILES string of the molecule is CN(c1nc2oc(-c3ccc(Cl)cc3F)c(C(N)=O)c2cc1CC1CC1)S(C)(=O)=O. The average Bonchev–Trinajstić information content (AvgIpc) is 3.37. The molecule has 0 radical (unpaired) electrons. The number of carbonyl (C=O) groups is 1. The molecular formula is C20H19ClFN3O4S. The number of pyridine rings is 1. The normalized spacial score (nSPS) is 14.3. The number of amides is 1. The second-order valence-corrected chi connectivity index (χ2v) is 9.95. The Morgan fingerprint density at radius 2 is 2.07 bits per heavy atom. The summed E-state index contributed by atoms with van der Waals surface area (Å²) in [7, 11) is -2.18. The fraction of sp³-hybridized carbons (Fsp3) is 0.300. The molecule has 1 saturated carbocycles. The van der Waals surface area contributed by atoms with Crippen LogP contribution in [0.3, 0.4) is 0 Å². The van der Waals surface area contributed by atoms with Crippen molar-refractivity contribution in [2.24, 2.45) is 11.7 Å². The molecule has 3 aromatic rings.